The van der Waals surface area contributed by atoms with Gasteiger partial charge in [-0.3, -0.25) is 4.79 Å². The molecule has 1 N–H and O–H groups in total. The lowest BCUT2D eigenvalue weighted by molar-refractivity contribution is -0.137. The lowest BCUT2D eigenvalue weighted by atomic mass is 10.1. The van der Waals surface area contributed by atoms with E-state index in [2.05, 4.69) is 19.1 Å². The van der Waals surface area contributed by atoms with Crippen LogP contribution in [0, 0.1) is 20.8 Å². The topological polar surface area (TPSA) is 46.5 Å². The number of carboxylic acid groups (broad SMARTS) is 1. The van der Waals surface area contributed by atoms with E-state index in [9.17, 15) is 4.79 Å². The molecule has 0 aliphatic rings. The molecule has 0 saturated heterocycles. The van der Waals surface area contributed by atoms with Crippen molar-refractivity contribution in [1.82, 2.24) is 0 Å². The number of aliphatic carboxylic acids is 1. The average molecular weight is 236 g/mol. The van der Waals surface area contributed by atoms with Crippen molar-refractivity contribution >= 4 is 5.97 Å². The number of carbonyl (C=O) groups is 1. The van der Waals surface area contributed by atoms with Crippen molar-refractivity contribution in [2.24, 2.45) is 0 Å². The zero-order valence-electron chi connectivity index (χ0n) is 10.7. The highest BCUT2D eigenvalue weighted by Gasteiger charge is 2.05. The SMILES string of the molecule is Cc1cc(C)c(OCCCCC(=O)O)c(C)c1. The van der Waals surface area contributed by atoms with Gasteiger partial charge in [-0.1, -0.05) is 17.7 Å². The van der Waals surface area contributed by atoms with Gasteiger partial charge in [0, 0.05) is 6.42 Å². The van der Waals surface area contributed by atoms with Gasteiger partial charge < -0.3 is 9.84 Å². The van der Waals surface area contributed by atoms with Crippen molar-refractivity contribution in [3.63, 3.8) is 0 Å². The smallest absolute Gasteiger partial charge is 0.303 e. The monoisotopic (exact) mass is 236 g/mol. The minimum absolute atomic E-state index is 0.217. The van der Waals surface area contributed by atoms with Gasteiger partial charge in [-0.2, -0.15) is 0 Å². The molecule has 0 radical (unpaired) electrons. The van der Waals surface area contributed by atoms with Crippen molar-refractivity contribution in [3.05, 3.63) is 28.8 Å². The maximum absolute atomic E-state index is 10.3. The Morgan fingerprint density at radius 3 is 2.29 bits per heavy atom. The molecule has 0 aromatic heterocycles. The summed E-state index contributed by atoms with van der Waals surface area (Å²) < 4.78 is 5.71. The highest BCUT2D eigenvalue weighted by Crippen LogP contribution is 2.24. The Balaban J connectivity index is 2.44. The van der Waals surface area contributed by atoms with E-state index in [1.54, 1.807) is 0 Å². The fraction of sp³-hybridized carbons (Fsp3) is 0.500. The van der Waals surface area contributed by atoms with E-state index in [0.29, 0.717) is 13.0 Å². The number of ether oxygens (including phenoxy) is 1. The van der Waals surface area contributed by atoms with Gasteiger partial charge in [-0.05, 0) is 44.7 Å². The van der Waals surface area contributed by atoms with E-state index in [0.717, 1.165) is 23.3 Å². The molecule has 3 nitrogen and oxygen atoms in total. The van der Waals surface area contributed by atoms with Crippen LogP contribution in [-0.2, 0) is 4.79 Å². The number of aryl methyl sites for hydroxylation is 3. The average Bonchev–Trinajstić information content (AvgIpc) is 2.20. The highest BCUT2D eigenvalue weighted by molar-refractivity contribution is 5.66. The standard InChI is InChI=1S/C14H20O3/c1-10-8-11(2)14(12(3)9-10)17-7-5-4-6-13(15)16/h8-9H,4-7H2,1-3H3,(H,15,16). The number of hydrogen-bond acceptors (Lipinski definition) is 2. The minimum Gasteiger partial charge on any atom is -0.493 e. The molecule has 0 atom stereocenters. The fourth-order valence-corrected chi connectivity index (χ4v) is 1.95. The first kappa shape index (κ1) is 13.6. The second-order valence-corrected chi connectivity index (χ2v) is 4.43. The maximum Gasteiger partial charge on any atom is 0.303 e. The summed E-state index contributed by atoms with van der Waals surface area (Å²) in [4.78, 5) is 10.3. The zero-order valence-corrected chi connectivity index (χ0v) is 10.7. The lowest BCUT2D eigenvalue weighted by Crippen LogP contribution is -2.02. The lowest BCUT2D eigenvalue weighted by Gasteiger charge is -2.12. The largest absolute Gasteiger partial charge is 0.493 e. The quantitative estimate of drug-likeness (QED) is 0.771. The van der Waals surface area contributed by atoms with Crippen LogP contribution in [0.1, 0.15) is 36.0 Å². The summed E-state index contributed by atoms with van der Waals surface area (Å²) in [6.07, 6.45) is 1.66. The third kappa shape index (κ3) is 4.47. The van der Waals surface area contributed by atoms with Crippen LogP contribution in [0.25, 0.3) is 0 Å². The molecule has 0 aliphatic carbocycles. The Kier molecular flexibility index (Phi) is 5.01. The molecule has 94 valence electrons. The van der Waals surface area contributed by atoms with Crippen LogP contribution in [0.15, 0.2) is 12.1 Å². The predicted molar refractivity (Wildman–Crippen MR) is 67.6 cm³/mol. The number of hydrogen-bond donors (Lipinski definition) is 1. The Labute approximate surface area is 102 Å². The molecule has 0 spiro atoms. The van der Waals surface area contributed by atoms with Crippen LogP contribution in [0.5, 0.6) is 5.75 Å². The van der Waals surface area contributed by atoms with E-state index >= 15 is 0 Å². The van der Waals surface area contributed by atoms with E-state index < -0.39 is 5.97 Å². The van der Waals surface area contributed by atoms with Crippen LogP contribution in [0.4, 0.5) is 0 Å². The first-order chi connectivity index (χ1) is 8.00. The third-order valence-electron chi connectivity index (χ3n) is 2.64. The van der Waals surface area contributed by atoms with Gasteiger partial charge in [0.05, 0.1) is 6.61 Å². The number of carboxylic acids is 1. The first-order valence-electron chi connectivity index (χ1n) is 5.93. The van der Waals surface area contributed by atoms with Crippen molar-refractivity contribution in [2.75, 3.05) is 6.61 Å². The molecule has 1 rings (SSSR count). The minimum atomic E-state index is -0.743. The Morgan fingerprint density at radius 2 is 1.76 bits per heavy atom. The molecule has 0 saturated carbocycles. The summed E-state index contributed by atoms with van der Waals surface area (Å²) >= 11 is 0. The molecule has 0 bridgehead atoms. The summed E-state index contributed by atoms with van der Waals surface area (Å²) in [5.41, 5.74) is 3.51. The Morgan fingerprint density at radius 1 is 1.18 bits per heavy atom. The molecular weight excluding hydrogens is 216 g/mol. The normalized spacial score (nSPS) is 10.3. The maximum atomic E-state index is 10.3. The van der Waals surface area contributed by atoms with Gasteiger partial charge in [-0.25, -0.2) is 0 Å². The summed E-state index contributed by atoms with van der Waals surface area (Å²) in [6, 6.07) is 4.19. The zero-order chi connectivity index (χ0) is 12.8. The van der Waals surface area contributed by atoms with Crippen molar-refractivity contribution in [1.29, 1.82) is 0 Å². The van der Waals surface area contributed by atoms with E-state index in [-0.39, 0.29) is 6.42 Å². The molecule has 17 heavy (non-hydrogen) atoms. The van der Waals surface area contributed by atoms with Gasteiger partial charge in [0.25, 0.3) is 0 Å². The van der Waals surface area contributed by atoms with Gasteiger partial charge in [-0.15, -0.1) is 0 Å². The van der Waals surface area contributed by atoms with Crippen molar-refractivity contribution in [2.45, 2.75) is 40.0 Å². The van der Waals surface area contributed by atoms with Crippen LogP contribution in [-0.4, -0.2) is 17.7 Å². The Hall–Kier alpha value is -1.51. The third-order valence-corrected chi connectivity index (χ3v) is 2.64. The van der Waals surface area contributed by atoms with Crippen LogP contribution in [0.2, 0.25) is 0 Å². The Bertz CT molecular complexity index is 373. The van der Waals surface area contributed by atoms with Gasteiger partial charge in [0.2, 0.25) is 0 Å². The molecular formula is C14H20O3. The molecule has 1 aromatic rings. The molecule has 0 fully saturated rings. The van der Waals surface area contributed by atoms with Crippen LogP contribution >= 0.6 is 0 Å². The van der Waals surface area contributed by atoms with E-state index in [1.165, 1.54) is 5.56 Å². The molecule has 3 heteroatoms. The van der Waals surface area contributed by atoms with Gasteiger partial charge in [0.1, 0.15) is 5.75 Å². The van der Waals surface area contributed by atoms with Crippen LogP contribution < -0.4 is 4.74 Å². The number of rotatable bonds is 6. The number of unbranched alkanes of at least 4 members (excludes halogenated alkanes) is 1. The molecule has 1 aromatic carbocycles. The highest BCUT2D eigenvalue weighted by atomic mass is 16.5. The first-order valence-corrected chi connectivity index (χ1v) is 5.93. The summed E-state index contributed by atoms with van der Waals surface area (Å²) in [5.74, 6) is 0.193. The summed E-state index contributed by atoms with van der Waals surface area (Å²) in [5, 5.41) is 8.51. The van der Waals surface area contributed by atoms with Gasteiger partial charge in [0.15, 0.2) is 0 Å². The fourth-order valence-electron chi connectivity index (χ4n) is 1.95. The second-order valence-electron chi connectivity index (χ2n) is 4.43. The predicted octanol–water partition coefficient (Wildman–Crippen LogP) is 3.25. The van der Waals surface area contributed by atoms with E-state index in [1.807, 2.05) is 13.8 Å². The van der Waals surface area contributed by atoms with Crippen LogP contribution in [0.3, 0.4) is 0 Å². The molecule has 0 heterocycles. The second kappa shape index (κ2) is 6.28. The molecule has 0 aliphatic heterocycles. The number of benzene rings is 1. The van der Waals surface area contributed by atoms with Crippen molar-refractivity contribution < 1.29 is 14.6 Å². The molecule has 0 unspecified atom stereocenters. The summed E-state index contributed by atoms with van der Waals surface area (Å²) in [6.45, 7) is 6.72. The van der Waals surface area contributed by atoms with Crippen molar-refractivity contribution in [3.8, 4) is 5.75 Å². The van der Waals surface area contributed by atoms with E-state index in [4.69, 9.17) is 9.84 Å². The summed E-state index contributed by atoms with van der Waals surface area (Å²) in [7, 11) is 0. The van der Waals surface area contributed by atoms with Gasteiger partial charge >= 0.3 is 5.97 Å². The molecule has 0 amide bonds.